The third-order valence-electron chi connectivity index (χ3n) is 8.35. The van der Waals surface area contributed by atoms with Gasteiger partial charge in [0.25, 0.3) is 0 Å². The molecule has 3 aromatic carbocycles. The Morgan fingerprint density at radius 1 is 0.414 bits per heavy atom. The van der Waals surface area contributed by atoms with Crippen molar-refractivity contribution in [2.45, 2.75) is 39.3 Å². The molecule has 0 aliphatic rings. The van der Waals surface area contributed by atoms with Crippen molar-refractivity contribution in [2.24, 2.45) is 0 Å². The molecular formula is C39H36N10O9. The van der Waals surface area contributed by atoms with E-state index in [1.54, 1.807) is 69.0 Å². The first-order chi connectivity index (χ1) is 28.3. The van der Waals surface area contributed by atoms with Crippen molar-refractivity contribution in [2.75, 3.05) is 19.8 Å². The molecule has 296 valence electrons. The van der Waals surface area contributed by atoms with Gasteiger partial charge in [0.05, 0.1) is 36.7 Å². The van der Waals surface area contributed by atoms with Crippen molar-refractivity contribution in [3.8, 4) is 17.2 Å². The summed E-state index contributed by atoms with van der Waals surface area (Å²) in [5.74, 6) is 1.15. The van der Waals surface area contributed by atoms with Gasteiger partial charge in [0.2, 0.25) is 0 Å². The summed E-state index contributed by atoms with van der Waals surface area (Å²) >= 11 is 0. The van der Waals surface area contributed by atoms with E-state index in [4.69, 9.17) is 14.2 Å². The molecule has 0 spiro atoms. The van der Waals surface area contributed by atoms with Crippen LogP contribution in [0.1, 0.15) is 79.2 Å². The maximum absolute atomic E-state index is 11.2. The van der Waals surface area contributed by atoms with Crippen molar-refractivity contribution in [3.63, 3.8) is 0 Å². The number of ether oxygens (including phenoxy) is 3. The molecule has 3 heterocycles. The first kappa shape index (κ1) is 40.1. The van der Waals surface area contributed by atoms with E-state index in [-0.39, 0.29) is 19.8 Å². The molecule has 0 amide bonds. The van der Waals surface area contributed by atoms with Crippen LogP contribution in [-0.4, -0.2) is 107 Å². The lowest BCUT2D eigenvalue weighted by Crippen LogP contribution is -2.23. The third kappa shape index (κ3) is 11.5. The van der Waals surface area contributed by atoms with Gasteiger partial charge < -0.3 is 14.2 Å². The van der Waals surface area contributed by atoms with Gasteiger partial charge in [-0.15, -0.1) is 15.3 Å². The van der Waals surface area contributed by atoms with Crippen LogP contribution in [0.3, 0.4) is 0 Å². The minimum absolute atomic E-state index is 0.203. The number of rotatable bonds is 24. The van der Waals surface area contributed by atoms with E-state index in [1.807, 2.05) is 4.90 Å². The van der Waals surface area contributed by atoms with Gasteiger partial charge in [-0.1, -0.05) is 15.6 Å². The molecule has 0 bridgehead atoms. The number of hydrogen-bond donors (Lipinski definition) is 0. The molecule has 0 radical (unpaired) electrons. The van der Waals surface area contributed by atoms with E-state index in [9.17, 15) is 28.8 Å². The average molecular weight is 789 g/mol. The highest BCUT2D eigenvalue weighted by molar-refractivity contribution is 5.84. The van der Waals surface area contributed by atoms with E-state index in [0.717, 1.165) is 0 Å². The Hall–Kier alpha value is -7.54. The predicted octanol–water partition coefficient (Wildman–Crippen LogP) is 2.78. The van der Waals surface area contributed by atoms with Gasteiger partial charge in [-0.25, -0.2) is 14.0 Å². The topological polar surface area (TPSA) is 225 Å². The Labute approximate surface area is 330 Å². The molecule has 0 fully saturated rings. The van der Waals surface area contributed by atoms with Crippen LogP contribution in [0.4, 0.5) is 0 Å². The Bertz CT molecular complexity index is 2050. The molecule has 0 atom stereocenters. The lowest BCUT2D eigenvalue weighted by atomic mass is 10.1. The molecule has 19 nitrogen and oxygen atoms in total. The quantitative estimate of drug-likeness (QED) is 0.0804. The summed E-state index contributed by atoms with van der Waals surface area (Å²) in [4.78, 5) is 69.5. The number of aromatic nitrogens is 9. The van der Waals surface area contributed by atoms with Crippen LogP contribution < -0.4 is 14.2 Å². The normalized spacial score (nSPS) is 10.9. The number of aldehydes is 6. The number of benzene rings is 3. The Kier molecular flexibility index (Phi) is 13.7. The van der Waals surface area contributed by atoms with Gasteiger partial charge in [0, 0.05) is 71.6 Å². The van der Waals surface area contributed by atoms with E-state index >= 15 is 0 Å². The maximum Gasteiger partial charge on any atom is 0.150 e. The van der Waals surface area contributed by atoms with Gasteiger partial charge in [-0.2, -0.15) is 0 Å². The second kappa shape index (κ2) is 19.9. The van der Waals surface area contributed by atoms with Gasteiger partial charge in [0.1, 0.15) is 74.8 Å². The van der Waals surface area contributed by atoms with Crippen LogP contribution in [0.15, 0.2) is 73.2 Å². The van der Waals surface area contributed by atoms with Crippen molar-refractivity contribution in [3.05, 3.63) is 124 Å². The van der Waals surface area contributed by atoms with E-state index in [0.29, 0.717) is 145 Å². The maximum atomic E-state index is 11.2. The summed E-state index contributed by atoms with van der Waals surface area (Å²) in [7, 11) is 0. The summed E-state index contributed by atoms with van der Waals surface area (Å²) in [6, 6.07) is 13.7. The fraction of sp³-hybridized carbons (Fsp3) is 0.231. The Balaban J connectivity index is 1.09. The number of carbonyl (C=O) groups excluding carboxylic acids is 6. The lowest BCUT2D eigenvalue weighted by Gasteiger charge is -2.18. The predicted molar refractivity (Wildman–Crippen MR) is 201 cm³/mol. The second-order valence-corrected chi connectivity index (χ2v) is 12.8. The first-order valence-corrected chi connectivity index (χ1v) is 17.8. The molecule has 0 saturated heterocycles. The summed E-state index contributed by atoms with van der Waals surface area (Å²) in [6.07, 6.45) is 9.22. The molecule has 0 saturated carbocycles. The summed E-state index contributed by atoms with van der Waals surface area (Å²) < 4.78 is 22.2. The first-order valence-electron chi connectivity index (χ1n) is 17.8. The molecule has 0 N–H and O–H groups in total. The van der Waals surface area contributed by atoms with Crippen LogP contribution in [0.5, 0.6) is 17.2 Å². The zero-order chi connectivity index (χ0) is 40.7. The van der Waals surface area contributed by atoms with Crippen molar-refractivity contribution < 1.29 is 43.0 Å². The molecular weight excluding hydrogens is 752 g/mol. The van der Waals surface area contributed by atoms with E-state index in [2.05, 4.69) is 30.9 Å². The molecule has 6 aromatic rings. The highest BCUT2D eigenvalue weighted by Gasteiger charge is 2.16. The molecule has 0 aliphatic heterocycles. The Morgan fingerprint density at radius 2 is 0.672 bits per heavy atom. The van der Waals surface area contributed by atoms with Crippen LogP contribution >= 0.6 is 0 Å². The summed E-state index contributed by atoms with van der Waals surface area (Å²) in [5.41, 5.74) is 3.91. The van der Waals surface area contributed by atoms with Crippen LogP contribution in [0.25, 0.3) is 0 Å². The molecule has 0 unspecified atom stereocenters. The Morgan fingerprint density at radius 3 is 0.914 bits per heavy atom. The van der Waals surface area contributed by atoms with E-state index in [1.165, 1.54) is 18.2 Å². The molecule has 58 heavy (non-hydrogen) atoms. The average Bonchev–Trinajstić information content (AvgIpc) is 4.02. The number of carbonyl (C=O) groups is 6. The highest BCUT2D eigenvalue weighted by Crippen LogP contribution is 2.18. The lowest BCUT2D eigenvalue weighted by molar-refractivity contribution is 0.110. The SMILES string of the molecule is O=Cc1cc(C=O)cc(OCCn2cc(CN(Cc3cn(CCOc4cc(C=O)cc(C=O)c4)nn3)Cc3cn(CCOc4cc(C=O)cc(C=O)c4)nn3)nn2)c1. The number of nitrogens with zero attached hydrogens (tertiary/aromatic N) is 10. The zero-order valence-electron chi connectivity index (χ0n) is 30.9. The van der Waals surface area contributed by atoms with Gasteiger partial charge in [-0.05, 0) is 54.6 Å². The van der Waals surface area contributed by atoms with Gasteiger partial charge in [-0.3, -0.25) is 33.7 Å². The van der Waals surface area contributed by atoms with Gasteiger partial charge >= 0.3 is 0 Å². The highest BCUT2D eigenvalue weighted by atomic mass is 16.5. The van der Waals surface area contributed by atoms with Crippen LogP contribution in [0, 0.1) is 0 Å². The second-order valence-electron chi connectivity index (χ2n) is 12.8. The number of hydrogen-bond acceptors (Lipinski definition) is 16. The summed E-state index contributed by atoms with van der Waals surface area (Å²) in [5, 5.41) is 25.7. The standard InChI is InChI=1S/C39H36N10O9/c50-22-28-7-29(23-51)11-37(10-28)56-4-1-47-19-34(40-43-47)16-46(17-35-20-48(44-41-35)2-5-57-38-12-30(24-52)8-31(13-38)25-53)18-36-21-49(45-42-36)3-6-58-39-14-32(26-54)9-33(15-39)27-55/h7-15,19-27H,1-6,16-18H2. The summed E-state index contributed by atoms with van der Waals surface area (Å²) in [6.45, 7) is 2.66. The van der Waals surface area contributed by atoms with Crippen molar-refractivity contribution in [1.29, 1.82) is 0 Å². The molecule has 3 aromatic heterocycles. The molecule has 19 heteroatoms. The minimum atomic E-state index is 0.203. The monoisotopic (exact) mass is 788 g/mol. The fourth-order valence-electron chi connectivity index (χ4n) is 5.78. The zero-order valence-corrected chi connectivity index (χ0v) is 30.9. The third-order valence-corrected chi connectivity index (χ3v) is 8.35. The fourth-order valence-corrected chi connectivity index (χ4v) is 5.78. The van der Waals surface area contributed by atoms with Crippen LogP contribution in [-0.2, 0) is 39.3 Å². The largest absolute Gasteiger partial charge is 0.492 e. The molecule has 6 rings (SSSR count). The van der Waals surface area contributed by atoms with E-state index < -0.39 is 0 Å². The van der Waals surface area contributed by atoms with Crippen molar-refractivity contribution >= 4 is 37.7 Å². The smallest absolute Gasteiger partial charge is 0.150 e. The van der Waals surface area contributed by atoms with Crippen LogP contribution in [0.2, 0.25) is 0 Å². The molecule has 0 aliphatic carbocycles. The van der Waals surface area contributed by atoms with Crippen molar-refractivity contribution in [1.82, 2.24) is 49.9 Å². The minimum Gasteiger partial charge on any atom is -0.492 e. The van der Waals surface area contributed by atoms with Gasteiger partial charge in [0.15, 0.2) is 0 Å².